The molecule has 0 aliphatic heterocycles. The van der Waals surface area contributed by atoms with E-state index in [4.69, 9.17) is 0 Å². The van der Waals surface area contributed by atoms with Gasteiger partial charge in [0.2, 0.25) is 0 Å². The van der Waals surface area contributed by atoms with Crippen LogP contribution < -0.4 is 0 Å². The van der Waals surface area contributed by atoms with E-state index in [-0.39, 0.29) is 5.56 Å². The molecule has 0 unspecified atom stereocenters. The first kappa shape index (κ1) is 12.4. The number of rotatable bonds is 4. The quantitative estimate of drug-likeness (QED) is 0.535. The Morgan fingerprint density at radius 3 is 2.64 bits per heavy atom. The second-order valence-electron chi connectivity index (χ2n) is 2.91. The fourth-order valence-electron chi connectivity index (χ4n) is 1.30. The van der Waals surface area contributed by atoms with Gasteiger partial charge in [-0.1, -0.05) is 28.1 Å². The summed E-state index contributed by atoms with van der Waals surface area (Å²) in [4.78, 5) is 0. The van der Waals surface area contributed by atoms with E-state index in [0.717, 1.165) is 17.3 Å². The number of alkyl halides is 3. The van der Waals surface area contributed by atoms with Crippen molar-refractivity contribution in [3.05, 3.63) is 32.9 Å². The summed E-state index contributed by atoms with van der Waals surface area (Å²) in [6, 6.07) is 5.34. The van der Waals surface area contributed by atoms with Crippen molar-refractivity contribution in [1.29, 1.82) is 0 Å². The minimum absolute atomic E-state index is 0.203. The maximum Gasteiger partial charge on any atom is 0.265 e. The van der Waals surface area contributed by atoms with Crippen LogP contribution in [0.4, 0.5) is 8.78 Å². The van der Waals surface area contributed by atoms with Crippen molar-refractivity contribution in [2.45, 2.75) is 19.3 Å². The van der Waals surface area contributed by atoms with Crippen LogP contribution in [0.1, 0.15) is 24.0 Å². The number of aryl methyl sites for hydroxylation is 1. The molecule has 1 aromatic carbocycles. The maximum absolute atomic E-state index is 12.7. The molecule has 78 valence electrons. The van der Waals surface area contributed by atoms with Crippen molar-refractivity contribution in [2.75, 3.05) is 5.33 Å². The average Bonchev–Trinajstić information content (AvgIpc) is 2.14. The summed E-state index contributed by atoms with van der Waals surface area (Å²) < 4.78 is 26.1. The topological polar surface area (TPSA) is 0 Å². The molecule has 0 aliphatic rings. The molecule has 0 spiro atoms. The molecule has 0 saturated heterocycles. The number of benzene rings is 1. The number of hydrogen-bond acceptors (Lipinski definition) is 0. The Morgan fingerprint density at radius 1 is 1.36 bits per heavy atom. The van der Waals surface area contributed by atoms with E-state index in [0.29, 0.717) is 9.99 Å². The first-order valence-corrected chi connectivity index (χ1v) is 6.48. The second kappa shape index (κ2) is 6.00. The van der Waals surface area contributed by atoms with E-state index in [2.05, 4.69) is 15.9 Å². The zero-order chi connectivity index (χ0) is 10.6. The Hall–Kier alpha value is 0.290. The highest BCUT2D eigenvalue weighted by molar-refractivity contribution is 14.1. The van der Waals surface area contributed by atoms with Crippen LogP contribution in [0.15, 0.2) is 18.2 Å². The largest absolute Gasteiger partial charge is 0.265 e. The lowest BCUT2D eigenvalue weighted by Crippen LogP contribution is -1.98. The lowest BCUT2D eigenvalue weighted by molar-refractivity contribution is 0.149. The lowest BCUT2D eigenvalue weighted by atomic mass is 10.0. The lowest BCUT2D eigenvalue weighted by Gasteiger charge is -2.09. The van der Waals surface area contributed by atoms with Gasteiger partial charge in [-0.15, -0.1) is 0 Å². The molecule has 14 heavy (non-hydrogen) atoms. The van der Waals surface area contributed by atoms with E-state index < -0.39 is 6.43 Å². The van der Waals surface area contributed by atoms with Crippen molar-refractivity contribution >= 4 is 38.5 Å². The molecule has 0 saturated carbocycles. The van der Waals surface area contributed by atoms with Crippen molar-refractivity contribution in [2.24, 2.45) is 0 Å². The van der Waals surface area contributed by atoms with E-state index >= 15 is 0 Å². The normalized spacial score (nSPS) is 10.9. The van der Waals surface area contributed by atoms with E-state index in [1.54, 1.807) is 12.1 Å². The molecule has 0 amide bonds. The van der Waals surface area contributed by atoms with Crippen LogP contribution in [0.25, 0.3) is 0 Å². The molecule has 0 nitrogen and oxygen atoms in total. The molecule has 1 rings (SSSR count). The highest BCUT2D eigenvalue weighted by Crippen LogP contribution is 2.28. The summed E-state index contributed by atoms with van der Waals surface area (Å²) in [5.74, 6) is 0. The van der Waals surface area contributed by atoms with Crippen molar-refractivity contribution in [1.82, 2.24) is 0 Å². The third kappa shape index (κ3) is 3.15. The Morgan fingerprint density at radius 2 is 2.07 bits per heavy atom. The average molecular weight is 375 g/mol. The van der Waals surface area contributed by atoms with Crippen LogP contribution in [0.2, 0.25) is 0 Å². The molecule has 0 aliphatic carbocycles. The molecule has 0 radical (unpaired) electrons. The molecule has 0 N–H and O–H groups in total. The standard InChI is InChI=1S/C10H10BrF2I/c11-6-2-4-7-3-1-5-8(14)9(7)10(12)13/h1,3,5,10H,2,4,6H2. The van der Waals surface area contributed by atoms with Crippen LogP contribution in [-0.2, 0) is 6.42 Å². The van der Waals surface area contributed by atoms with Crippen LogP contribution in [0.5, 0.6) is 0 Å². The van der Waals surface area contributed by atoms with Gasteiger partial charge in [0, 0.05) is 14.5 Å². The second-order valence-corrected chi connectivity index (χ2v) is 4.86. The molecule has 4 heteroatoms. The van der Waals surface area contributed by atoms with E-state index in [1.807, 2.05) is 28.7 Å². The van der Waals surface area contributed by atoms with Gasteiger partial charge < -0.3 is 0 Å². The van der Waals surface area contributed by atoms with Gasteiger partial charge in [-0.05, 0) is 47.1 Å². The molecule has 0 fully saturated rings. The third-order valence-electron chi connectivity index (χ3n) is 1.94. The number of hydrogen-bond donors (Lipinski definition) is 0. The van der Waals surface area contributed by atoms with Gasteiger partial charge in [0.15, 0.2) is 0 Å². The summed E-state index contributed by atoms with van der Waals surface area (Å²) in [6.07, 6.45) is -0.768. The zero-order valence-corrected chi connectivity index (χ0v) is 11.2. The summed E-state index contributed by atoms with van der Waals surface area (Å²) in [7, 11) is 0. The highest BCUT2D eigenvalue weighted by atomic mass is 127. The van der Waals surface area contributed by atoms with Crippen molar-refractivity contribution in [3.8, 4) is 0 Å². The van der Waals surface area contributed by atoms with Crippen LogP contribution in [-0.4, -0.2) is 5.33 Å². The minimum atomic E-state index is -2.37. The van der Waals surface area contributed by atoms with Crippen LogP contribution in [0, 0.1) is 3.57 Å². The summed E-state index contributed by atoms with van der Waals surface area (Å²) in [6.45, 7) is 0. The Bertz CT molecular complexity index is 302. The SMILES string of the molecule is FC(F)c1c(I)cccc1CCCBr. The van der Waals surface area contributed by atoms with E-state index in [1.165, 1.54) is 0 Å². The zero-order valence-electron chi connectivity index (χ0n) is 7.44. The van der Waals surface area contributed by atoms with Gasteiger partial charge in [0.25, 0.3) is 6.43 Å². The minimum Gasteiger partial charge on any atom is -0.205 e. The van der Waals surface area contributed by atoms with Crippen LogP contribution in [0.3, 0.4) is 0 Å². The van der Waals surface area contributed by atoms with Crippen LogP contribution >= 0.6 is 38.5 Å². The van der Waals surface area contributed by atoms with Gasteiger partial charge in [0.05, 0.1) is 0 Å². The Kier molecular flexibility index (Phi) is 5.30. The molecule has 0 heterocycles. The number of halogens is 4. The first-order valence-electron chi connectivity index (χ1n) is 4.28. The monoisotopic (exact) mass is 374 g/mol. The highest BCUT2D eigenvalue weighted by Gasteiger charge is 2.15. The van der Waals surface area contributed by atoms with Gasteiger partial charge in [0.1, 0.15) is 0 Å². The molecular weight excluding hydrogens is 365 g/mol. The Balaban J connectivity index is 2.96. The predicted octanol–water partition coefficient (Wildman–Crippen LogP) is 4.56. The van der Waals surface area contributed by atoms with Gasteiger partial charge >= 0.3 is 0 Å². The molecule has 0 aromatic heterocycles. The first-order chi connectivity index (χ1) is 6.66. The third-order valence-corrected chi connectivity index (χ3v) is 3.44. The molecule has 1 aromatic rings. The van der Waals surface area contributed by atoms with Crippen molar-refractivity contribution < 1.29 is 8.78 Å². The Labute approximate surface area is 104 Å². The fraction of sp³-hybridized carbons (Fsp3) is 0.400. The van der Waals surface area contributed by atoms with Gasteiger partial charge in [-0.25, -0.2) is 8.78 Å². The summed E-state index contributed by atoms with van der Waals surface area (Å²) in [5, 5.41) is 0.848. The molecular formula is C10H10BrF2I. The molecule has 0 atom stereocenters. The van der Waals surface area contributed by atoms with Gasteiger partial charge in [-0.3, -0.25) is 0 Å². The van der Waals surface area contributed by atoms with Gasteiger partial charge in [-0.2, -0.15) is 0 Å². The summed E-state index contributed by atoms with van der Waals surface area (Å²) >= 11 is 5.26. The predicted molar refractivity (Wildman–Crippen MR) is 66.2 cm³/mol. The smallest absolute Gasteiger partial charge is 0.205 e. The maximum atomic E-state index is 12.7. The summed E-state index contributed by atoms with van der Waals surface area (Å²) in [5.41, 5.74) is 0.973. The fourth-order valence-corrected chi connectivity index (χ4v) is 2.37. The van der Waals surface area contributed by atoms with E-state index in [9.17, 15) is 8.78 Å². The van der Waals surface area contributed by atoms with Crippen molar-refractivity contribution in [3.63, 3.8) is 0 Å². The molecule has 0 bridgehead atoms.